The number of fused-ring (bicyclic) bond motifs is 1. The van der Waals surface area contributed by atoms with Crippen LogP contribution in [-0.4, -0.2) is 41.7 Å². The van der Waals surface area contributed by atoms with Crippen LogP contribution in [0.3, 0.4) is 0 Å². The van der Waals surface area contributed by atoms with Crippen molar-refractivity contribution in [3.8, 4) is 11.5 Å². The Kier molecular flexibility index (Phi) is 6.21. The van der Waals surface area contributed by atoms with Gasteiger partial charge in [-0.1, -0.05) is 30.3 Å². The first-order valence-electron chi connectivity index (χ1n) is 11.5. The summed E-state index contributed by atoms with van der Waals surface area (Å²) in [6, 6.07) is 14.7. The van der Waals surface area contributed by atoms with Gasteiger partial charge >= 0.3 is 0 Å². The van der Waals surface area contributed by atoms with Crippen LogP contribution < -0.4 is 16.2 Å². The number of nitrogens with zero attached hydrogens (tertiary/aromatic N) is 5. The molecule has 0 bridgehead atoms. The van der Waals surface area contributed by atoms with E-state index in [1.54, 1.807) is 25.3 Å². The van der Waals surface area contributed by atoms with Crippen LogP contribution in [-0.2, 0) is 0 Å². The second-order valence-corrected chi connectivity index (χ2v) is 8.63. The van der Waals surface area contributed by atoms with Crippen LogP contribution >= 0.6 is 0 Å². The maximum absolute atomic E-state index is 12.3. The molecule has 11 heteroatoms. The number of aliphatic hydroxyl groups is 1. The normalized spacial score (nSPS) is 12.2. The van der Waals surface area contributed by atoms with Crippen molar-refractivity contribution in [1.82, 2.24) is 29.9 Å². The zero-order valence-corrected chi connectivity index (χ0v) is 20.1. The number of hydrogen-bond donors (Lipinski definition) is 4. The smallest absolute Gasteiger partial charge is 0.271 e. The van der Waals surface area contributed by atoms with Gasteiger partial charge < -0.3 is 20.2 Å². The number of aryl methyl sites for hydroxylation is 1. The second kappa shape index (κ2) is 9.62. The molecule has 0 aliphatic carbocycles. The zero-order valence-electron chi connectivity index (χ0n) is 20.1. The van der Waals surface area contributed by atoms with E-state index in [4.69, 9.17) is 4.42 Å². The fraction of sp³-hybridized carbons (Fsp3) is 0.240. The molecule has 0 saturated carbocycles. The van der Waals surface area contributed by atoms with Crippen LogP contribution in [0.1, 0.15) is 37.4 Å². The third-order valence-corrected chi connectivity index (χ3v) is 5.74. The number of nitrogens with one attached hydrogen (secondary N) is 3. The molecule has 1 atom stereocenters. The molecule has 3 aromatic heterocycles. The molecule has 0 unspecified atom stereocenters. The predicted octanol–water partition coefficient (Wildman–Crippen LogP) is 3.95. The Morgan fingerprint density at radius 2 is 1.94 bits per heavy atom. The molecule has 2 aromatic carbocycles. The molecule has 36 heavy (non-hydrogen) atoms. The van der Waals surface area contributed by atoms with E-state index in [0.717, 1.165) is 11.1 Å². The fourth-order valence-corrected chi connectivity index (χ4v) is 3.97. The average molecular weight is 487 g/mol. The third kappa shape index (κ3) is 4.56. The van der Waals surface area contributed by atoms with E-state index in [1.807, 2.05) is 54.9 Å². The molecule has 0 saturated heterocycles. The maximum Gasteiger partial charge on any atom is 0.271 e. The largest absolute Gasteiger partial charge is 0.421 e. The van der Waals surface area contributed by atoms with Crippen LogP contribution in [0.2, 0.25) is 0 Å². The predicted molar refractivity (Wildman–Crippen MR) is 136 cm³/mol. The first kappa shape index (κ1) is 23.2. The fourth-order valence-electron chi connectivity index (χ4n) is 3.97. The molecule has 3 heterocycles. The number of aromatic amines is 1. The van der Waals surface area contributed by atoms with Gasteiger partial charge in [-0.05, 0) is 37.6 Å². The van der Waals surface area contributed by atoms with E-state index in [2.05, 4.69) is 35.9 Å². The number of H-pyrrole nitrogens is 1. The summed E-state index contributed by atoms with van der Waals surface area (Å²) in [5.41, 5.74) is 2.75. The highest BCUT2D eigenvalue weighted by molar-refractivity contribution is 5.83. The Morgan fingerprint density at radius 3 is 2.64 bits per heavy atom. The second-order valence-electron chi connectivity index (χ2n) is 8.63. The van der Waals surface area contributed by atoms with Crippen LogP contribution in [0, 0.1) is 6.92 Å². The summed E-state index contributed by atoms with van der Waals surface area (Å²) in [6.07, 6.45) is 1.59. The van der Waals surface area contributed by atoms with Gasteiger partial charge in [-0.15, -0.1) is 10.2 Å². The van der Waals surface area contributed by atoms with Gasteiger partial charge in [-0.25, -0.2) is 4.98 Å². The average Bonchev–Trinajstić information content (AvgIpc) is 3.46. The molecule has 0 aliphatic heterocycles. The van der Waals surface area contributed by atoms with E-state index < -0.39 is 6.04 Å². The molecule has 5 aromatic rings. The highest BCUT2D eigenvalue weighted by atomic mass is 16.4. The molecule has 0 radical (unpaired) electrons. The molecule has 0 amide bonds. The highest BCUT2D eigenvalue weighted by Crippen LogP contribution is 2.30. The molecule has 0 spiro atoms. The summed E-state index contributed by atoms with van der Waals surface area (Å²) in [6.45, 7) is 5.54. The Labute approximate surface area is 206 Å². The number of aliphatic hydroxyl groups excluding tert-OH is 1. The van der Waals surface area contributed by atoms with E-state index in [0.29, 0.717) is 34.3 Å². The van der Waals surface area contributed by atoms with E-state index in [9.17, 15) is 9.90 Å². The first-order valence-corrected chi connectivity index (χ1v) is 11.5. The minimum absolute atomic E-state index is 0.0862. The van der Waals surface area contributed by atoms with Crippen molar-refractivity contribution in [2.24, 2.45) is 0 Å². The Morgan fingerprint density at radius 1 is 1.14 bits per heavy atom. The number of hydrogen-bond acceptors (Lipinski definition) is 9. The summed E-state index contributed by atoms with van der Waals surface area (Å²) >= 11 is 0. The van der Waals surface area contributed by atoms with Gasteiger partial charge in [0.05, 0.1) is 29.1 Å². The van der Waals surface area contributed by atoms with Crippen molar-refractivity contribution in [2.45, 2.75) is 32.9 Å². The van der Waals surface area contributed by atoms with Gasteiger partial charge in [0.25, 0.3) is 11.4 Å². The van der Waals surface area contributed by atoms with Crippen LogP contribution in [0.25, 0.3) is 22.4 Å². The van der Waals surface area contributed by atoms with Gasteiger partial charge in [-0.3, -0.25) is 14.6 Å². The quantitative estimate of drug-likeness (QED) is 0.256. The van der Waals surface area contributed by atoms with Crippen molar-refractivity contribution in [1.29, 1.82) is 0 Å². The molecule has 4 N–H and O–H groups in total. The monoisotopic (exact) mass is 486 g/mol. The summed E-state index contributed by atoms with van der Waals surface area (Å²) in [7, 11) is 0. The van der Waals surface area contributed by atoms with Crippen LogP contribution in [0.5, 0.6) is 0 Å². The number of aromatic nitrogens is 6. The lowest BCUT2D eigenvalue weighted by molar-refractivity contribution is 0.276. The van der Waals surface area contributed by atoms with Crippen molar-refractivity contribution in [3.63, 3.8) is 0 Å². The standard InChI is InChI=1S/C25H26N8O3/c1-14(2)33-21-11-17(9-10-18(21)23(35)32-33)27-25-26-12-19(24-31-30-15(3)36-24)22(29-25)28-20(13-34)16-7-5-4-6-8-16/h4-12,14,20,34H,13H2,1-3H3,(H,32,35)(H2,26,27,28,29)/t20-/m1/s1. The molecular formula is C25H26N8O3. The maximum atomic E-state index is 12.3. The van der Waals surface area contributed by atoms with E-state index in [1.165, 1.54) is 0 Å². The SMILES string of the molecule is Cc1nnc(-c2cnc(Nc3ccc4c(=O)[nH]n(C(C)C)c4c3)nc2N[C@H](CO)c2ccccc2)o1. The zero-order chi connectivity index (χ0) is 25.2. The molecule has 11 nitrogen and oxygen atoms in total. The molecular weight excluding hydrogens is 460 g/mol. The number of benzene rings is 2. The van der Waals surface area contributed by atoms with E-state index in [-0.39, 0.29) is 24.1 Å². The molecule has 0 aliphatic rings. The minimum Gasteiger partial charge on any atom is -0.421 e. The lowest BCUT2D eigenvalue weighted by Gasteiger charge is -2.19. The number of anilines is 3. The number of rotatable bonds is 8. The minimum atomic E-state index is -0.423. The van der Waals surface area contributed by atoms with Gasteiger partial charge in [0.1, 0.15) is 5.82 Å². The Bertz CT molecular complexity index is 1550. The van der Waals surface area contributed by atoms with Crippen LogP contribution in [0.4, 0.5) is 17.5 Å². The van der Waals surface area contributed by atoms with Gasteiger partial charge in [0.2, 0.25) is 11.8 Å². The van der Waals surface area contributed by atoms with Crippen molar-refractivity contribution in [3.05, 3.63) is 76.5 Å². The summed E-state index contributed by atoms with van der Waals surface area (Å²) in [5, 5.41) is 28.1. The Balaban J connectivity index is 1.52. The Hall–Kier alpha value is -4.51. The van der Waals surface area contributed by atoms with Crippen molar-refractivity contribution < 1.29 is 9.52 Å². The van der Waals surface area contributed by atoms with Crippen molar-refractivity contribution in [2.75, 3.05) is 17.2 Å². The van der Waals surface area contributed by atoms with Gasteiger partial charge in [0.15, 0.2) is 0 Å². The lowest BCUT2D eigenvalue weighted by Crippen LogP contribution is -2.17. The third-order valence-electron chi connectivity index (χ3n) is 5.74. The molecule has 0 fully saturated rings. The van der Waals surface area contributed by atoms with Gasteiger partial charge in [-0.2, -0.15) is 4.98 Å². The van der Waals surface area contributed by atoms with E-state index >= 15 is 0 Å². The highest BCUT2D eigenvalue weighted by Gasteiger charge is 2.19. The summed E-state index contributed by atoms with van der Waals surface area (Å²) < 4.78 is 7.44. The van der Waals surface area contributed by atoms with Crippen molar-refractivity contribution >= 4 is 28.4 Å². The van der Waals surface area contributed by atoms with Crippen LogP contribution in [0.15, 0.2) is 63.9 Å². The lowest BCUT2D eigenvalue weighted by atomic mass is 10.1. The summed E-state index contributed by atoms with van der Waals surface area (Å²) in [4.78, 5) is 21.4. The topological polar surface area (TPSA) is 147 Å². The first-order chi connectivity index (χ1) is 17.4. The summed E-state index contributed by atoms with van der Waals surface area (Å²) in [5.74, 6) is 1.41. The molecule has 5 rings (SSSR count). The molecule has 184 valence electrons. The van der Waals surface area contributed by atoms with Gasteiger partial charge in [0, 0.05) is 24.8 Å².